The normalized spacial score (nSPS) is 10.7. The largest absolute Gasteiger partial charge is 0.341 e. The third-order valence-corrected chi connectivity index (χ3v) is 6.68. The van der Waals surface area contributed by atoms with E-state index in [1.54, 1.807) is 11.5 Å². The van der Waals surface area contributed by atoms with E-state index in [2.05, 4.69) is 15.3 Å². The number of rotatable bonds is 5. The first-order chi connectivity index (χ1) is 19.5. The minimum Gasteiger partial charge on any atom is -0.341 e. The molecule has 0 spiro atoms. The van der Waals surface area contributed by atoms with Crippen LogP contribution in [0.2, 0.25) is 15.5 Å². The number of pyridine rings is 3. The van der Waals surface area contributed by atoms with Crippen molar-refractivity contribution in [3.63, 3.8) is 0 Å². The lowest BCUT2D eigenvalue weighted by Gasteiger charge is -2.19. The van der Waals surface area contributed by atoms with Gasteiger partial charge in [-0.3, -0.25) is 14.2 Å². The summed E-state index contributed by atoms with van der Waals surface area (Å²) in [4.78, 5) is 31.2. The Bertz CT molecular complexity index is 1820. The lowest BCUT2D eigenvalue weighted by Crippen LogP contribution is -2.16. The Balaban J connectivity index is 0.000000342. The monoisotopic (exact) mass is 640 g/mol. The van der Waals surface area contributed by atoms with Crippen molar-refractivity contribution in [1.29, 1.82) is 0 Å². The molecule has 212 valence electrons. The van der Waals surface area contributed by atoms with Crippen molar-refractivity contribution in [3.05, 3.63) is 121 Å². The second kappa shape index (κ2) is 12.9. The molecule has 5 rings (SSSR count). The SMILES string of the molecule is CCc1c(F)c(Cl)nc2c1c(=O)cc(Nc1ccc(F)cc1)n2-c1ccc(F)cc1.O=C(Cl)c1ccc(Cl)nc1Cl.[HH]. The number of carbonyl (C=O) groups excluding carboxylic acids is 1. The van der Waals surface area contributed by atoms with Gasteiger partial charge >= 0.3 is 0 Å². The molecule has 2 aromatic carbocycles. The van der Waals surface area contributed by atoms with Crippen molar-refractivity contribution in [2.45, 2.75) is 13.3 Å². The first-order valence-corrected chi connectivity index (χ1v) is 13.2. The maximum atomic E-state index is 14.5. The predicted molar refractivity (Wildman–Crippen MR) is 158 cm³/mol. The van der Waals surface area contributed by atoms with Gasteiger partial charge < -0.3 is 5.32 Å². The van der Waals surface area contributed by atoms with Crippen molar-refractivity contribution in [3.8, 4) is 5.69 Å². The quantitative estimate of drug-likeness (QED) is 0.153. The molecule has 5 aromatic rings. The number of anilines is 2. The number of benzene rings is 2. The Morgan fingerprint density at radius 3 is 2.07 bits per heavy atom. The van der Waals surface area contributed by atoms with Crippen LogP contribution in [0.1, 0.15) is 24.3 Å². The maximum Gasteiger partial charge on any atom is 0.255 e. The average molecular weight is 642 g/mol. The van der Waals surface area contributed by atoms with E-state index < -0.39 is 28.1 Å². The third kappa shape index (κ3) is 6.82. The van der Waals surface area contributed by atoms with Gasteiger partial charge in [-0.1, -0.05) is 41.7 Å². The number of fused-ring (bicyclic) bond motifs is 1. The fourth-order valence-electron chi connectivity index (χ4n) is 3.88. The van der Waals surface area contributed by atoms with Crippen molar-refractivity contribution < 1.29 is 19.4 Å². The van der Waals surface area contributed by atoms with E-state index in [0.717, 1.165) is 0 Å². The topological polar surface area (TPSA) is 76.9 Å². The molecule has 0 fully saturated rings. The molecular formula is C28H19Cl4F3N4O2. The van der Waals surface area contributed by atoms with Crippen LogP contribution in [0.5, 0.6) is 0 Å². The van der Waals surface area contributed by atoms with E-state index in [1.807, 2.05) is 0 Å². The molecule has 1 N–H and O–H groups in total. The van der Waals surface area contributed by atoms with Gasteiger partial charge in [0, 0.05) is 24.4 Å². The zero-order chi connectivity index (χ0) is 29.8. The Labute approximate surface area is 252 Å². The molecule has 6 nitrogen and oxygen atoms in total. The standard InChI is InChI=1S/C22H15ClF3N3O.C6H2Cl3NO.H2/c1-2-16-19-17(30)11-18(27-14-7-3-12(24)4-8-14)29(15-9-5-13(25)6-10-15)22(19)28-21(23)20(16)26;7-4-2-1-3(6(9)11)5(8)10-4;/h3-11,27H,2H2,1H3;1-2H;1H. The van der Waals surface area contributed by atoms with Crippen LogP contribution in [0, 0.1) is 17.5 Å². The molecule has 0 saturated heterocycles. The predicted octanol–water partition coefficient (Wildman–Crippen LogP) is 8.78. The molecule has 13 heteroatoms. The summed E-state index contributed by atoms with van der Waals surface area (Å²) in [6.07, 6.45) is 0.230. The first-order valence-electron chi connectivity index (χ1n) is 11.7. The highest BCUT2D eigenvalue weighted by Crippen LogP contribution is 2.29. The van der Waals surface area contributed by atoms with Gasteiger partial charge in [0.25, 0.3) is 5.24 Å². The van der Waals surface area contributed by atoms with Crippen LogP contribution in [-0.4, -0.2) is 19.8 Å². The van der Waals surface area contributed by atoms with E-state index in [0.29, 0.717) is 11.4 Å². The second-order valence-corrected chi connectivity index (χ2v) is 9.78. The summed E-state index contributed by atoms with van der Waals surface area (Å²) in [5, 5.41) is 2.39. The van der Waals surface area contributed by atoms with Gasteiger partial charge in [-0.15, -0.1) is 0 Å². The van der Waals surface area contributed by atoms with Gasteiger partial charge in [0.05, 0.1) is 10.9 Å². The van der Waals surface area contributed by atoms with Crippen molar-refractivity contribution in [2.75, 3.05) is 5.32 Å². The van der Waals surface area contributed by atoms with Crippen molar-refractivity contribution in [1.82, 2.24) is 14.5 Å². The third-order valence-electron chi connectivity index (χ3n) is 5.72. The van der Waals surface area contributed by atoms with Crippen molar-refractivity contribution >= 4 is 74.2 Å². The molecule has 0 aliphatic heterocycles. The summed E-state index contributed by atoms with van der Waals surface area (Å²) in [5.41, 5.74) is 0.977. The van der Waals surface area contributed by atoms with Gasteiger partial charge in [0.2, 0.25) is 0 Å². The summed E-state index contributed by atoms with van der Waals surface area (Å²) in [5.74, 6) is -1.31. The summed E-state index contributed by atoms with van der Waals surface area (Å²) < 4.78 is 42.9. The van der Waals surface area contributed by atoms with E-state index in [9.17, 15) is 22.8 Å². The van der Waals surface area contributed by atoms with Gasteiger partial charge in [0.1, 0.15) is 27.8 Å². The number of hydrogen-bond acceptors (Lipinski definition) is 5. The summed E-state index contributed by atoms with van der Waals surface area (Å²) in [6.45, 7) is 1.71. The highest BCUT2D eigenvalue weighted by atomic mass is 35.5. The number of carbonyl (C=O) groups is 1. The molecule has 0 atom stereocenters. The van der Waals surface area contributed by atoms with Crippen LogP contribution in [0.3, 0.4) is 0 Å². The lowest BCUT2D eigenvalue weighted by atomic mass is 10.1. The molecule has 0 aliphatic carbocycles. The summed E-state index contributed by atoms with van der Waals surface area (Å²) in [6, 6.07) is 15.2. The van der Waals surface area contributed by atoms with Gasteiger partial charge in [-0.2, -0.15) is 0 Å². The number of nitrogens with one attached hydrogen (secondary N) is 1. The number of aryl methyl sites for hydroxylation is 1. The highest BCUT2D eigenvalue weighted by Gasteiger charge is 2.20. The highest BCUT2D eigenvalue weighted by molar-refractivity contribution is 6.68. The first kappa shape index (κ1) is 30.3. The molecular weight excluding hydrogens is 623 g/mol. The zero-order valence-corrected chi connectivity index (χ0v) is 23.9. The number of aromatic nitrogens is 3. The van der Waals surface area contributed by atoms with Crippen molar-refractivity contribution in [2.24, 2.45) is 0 Å². The molecule has 0 amide bonds. The number of nitrogens with zero attached hydrogens (tertiary/aromatic N) is 3. The molecule has 0 bridgehead atoms. The summed E-state index contributed by atoms with van der Waals surface area (Å²) >= 11 is 22.2. The van der Waals surface area contributed by atoms with E-state index in [-0.39, 0.29) is 51.3 Å². The Hall–Kier alpha value is -3.63. The number of halogens is 7. The fourth-order valence-corrected chi connectivity index (χ4v) is 4.70. The van der Waals surface area contributed by atoms with Crippen LogP contribution in [0.15, 0.2) is 71.5 Å². The Morgan fingerprint density at radius 2 is 1.51 bits per heavy atom. The Morgan fingerprint density at radius 1 is 0.902 bits per heavy atom. The minimum absolute atomic E-state index is 0. The van der Waals surface area contributed by atoms with Gasteiger partial charge in [-0.05, 0) is 78.7 Å². The van der Waals surface area contributed by atoms with E-state index in [4.69, 9.17) is 46.4 Å². The molecule has 0 saturated carbocycles. The second-order valence-electron chi connectivity index (χ2n) is 8.33. The minimum atomic E-state index is -0.742. The molecule has 0 aliphatic rings. The van der Waals surface area contributed by atoms with Crippen LogP contribution in [-0.2, 0) is 6.42 Å². The average Bonchev–Trinajstić information content (AvgIpc) is 2.92. The molecule has 3 aromatic heterocycles. The fraction of sp³-hybridized carbons (Fsp3) is 0.0714. The van der Waals surface area contributed by atoms with Gasteiger partial charge in [0.15, 0.2) is 22.0 Å². The van der Waals surface area contributed by atoms with E-state index in [1.165, 1.54) is 66.7 Å². The smallest absolute Gasteiger partial charge is 0.255 e. The van der Waals surface area contributed by atoms with Crippen LogP contribution < -0.4 is 10.7 Å². The van der Waals surface area contributed by atoms with Gasteiger partial charge in [-0.25, -0.2) is 23.1 Å². The molecule has 0 radical (unpaired) electrons. The van der Waals surface area contributed by atoms with Crippen LogP contribution in [0.4, 0.5) is 24.7 Å². The Kier molecular flexibility index (Phi) is 9.55. The van der Waals surface area contributed by atoms with Crippen LogP contribution in [0.25, 0.3) is 16.7 Å². The number of hydrogen-bond donors (Lipinski definition) is 1. The zero-order valence-electron chi connectivity index (χ0n) is 20.9. The molecule has 0 unspecified atom stereocenters. The molecule has 3 heterocycles. The van der Waals surface area contributed by atoms with Crippen LogP contribution >= 0.6 is 46.4 Å². The maximum absolute atomic E-state index is 14.5. The molecule has 41 heavy (non-hydrogen) atoms. The lowest BCUT2D eigenvalue weighted by molar-refractivity contribution is 0.108. The summed E-state index contributed by atoms with van der Waals surface area (Å²) in [7, 11) is 0. The van der Waals surface area contributed by atoms with E-state index >= 15 is 0 Å².